The van der Waals surface area contributed by atoms with Gasteiger partial charge in [-0.1, -0.05) is 25.1 Å². The third-order valence-electron chi connectivity index (χ3n) is 5.25. The monoisotopic (exact) mass is 404 g/mol. The van der Waals surface area contributed by atoms with E-state index in [-0.39, 0.29) is 11.8 Å². The zero-order valence-electron chi connectivity index (χ0n) is 17.1. The van der Waals surface area contributed by atoms with Crippen molar-refractivity contribution in [2.45, 2.75) is 26.2 Å². The molecule has 1 fully saturated rings. The molecule has 1 saturated heterocycles. The lowest BCUT2D eigenvalue weighted by molar-refractivity contribution is -0.117. The Balaban J connectivity index is 1.59. The Morgan fingerprint density at radius 3 is 2.67 bits per heavy atom. The summed E-state index contributed by atoms with van der Waals surface area (Å²) in [4.78, 5) is 26.8. The van der Waals surface area contributed by atoms with E-state index < -0.39 is 0 Å². The number of nitrogens with one attached hydrogen (secondary N) is 1. The van der Waals surface area contributed by atoms with E-state index in [1.54, 1.807) is 35.0 Å². The highest BCUT2D eigenvalue weighted by atomic mass is 16.5. The van der Waals surface area contributed by atoms with Crippen molar-refractivity contribution in [1.29, 1.82) is 0 Å². The number of aromatic nitrogens is 2. The van der Waals surface area contributed by atoms with Crippen LogP contribution in [0.5, 0.6) is 5.75 Å². The molecule has 7 nitrogen and oxygen atoms in total. The number of rotatable bonds is 6. The molecule has 1 aromatic heterocycles. The molecule has 0 unspecified atom stereocenters. The van der Waals surface area contributed by atoms with E-state index in [0.717, 1.165) is 23.5 Å². The third kappa shape index (κ3) is 3.66. The summed E-state index contributed by atoms with van der Waals surface area (Å²) >= 11 is 0. The number of anilines is 2. The van der Waals surface area contributed by atoms with Crippen LogP contribution in [0.25, 0.3) is 5.69 Å². The Morgan fingerprint density at radius 1 is 1.20 bits per heavy atom. The molecule has 0 saturated carbocycles. The molecule has 154 valence electrons. The summed E-state index contributed by atoms with van der Waals surface area (Å²) in [5.41, 5.74) is 3.60. The first kappa shape index (κ1) is 19.7. The minimum Gasteiger partial charge on any atom is -0.494 e. The van der Waals surface area contributed by atoms with Crippen molar-refractivity contribution in [2.24, 2.45) is 0 Å². The van der Waals surface area contributed by atoms with Gasteiger partial charge in [-0.15, -0.1) is 0 Å². The van der Waals surface area contributed by atoms with E-state index in [1.165, 1.54) is 0 Å². The van der Waals surface area contributed by atoms with E-state index in [4.69, 9.17) is 4.74 Å². The number of hydrogen-bond acceptors (Lipinski definition) is 4. The predicted octanol–water partition coefficient (Wildman–Crippen LogP) is 3.82. The molecular weight excluding hydrogens is 380 g/mol. The number of amides is 2. The quantitative estimate of drug-likeness (QED) is 0.678. The number of nitrogens with zero attached hydrogens (tertiary/aromatic N) is 3. The van der Waals surface area contributed by atoms with Crippen LogP contribution >= 0.6 is 0 Å². The summed E-state index contributed by atoms with van der Waals surface area (Å²) in [7, 11) is 1.56. The van der Waals surface area contributed by atoms with Crippen molar-refractivity contribution in [1.82, 2.24) is 9.78 Å². The van der Waals surface area contributed by atoms with Crippen LogP contribution in [0.3, 0.4) is 0 Å². The van der Waals surface area contributed by atoms with E-state index >= 15 is 0 Å². The topological polar surface area (TPSA) is 76.5 Å². The van der Waals surface area contributed by atoms with Gasteiger partial charge in [0.15, 0.2) is 0 Å². The van der Waals surface area contributed by atoms with Gasteiger partial charge < -0.3 is 15.0 Å². The molecule has 1 N–H and O–H groups in total. The first-order valence-electron chi connectivity index (χ1n) is 10.0. The van der Waals surface area contributed by atoms with Gasteiger partial charge in [0.2, 0.25) is 5.91 Å². The summed E-state index contributed by atoms with van der Waals surface area (Å²) in [6, 6.07) is 15.1. The summed E-state index contributed by atoms with van der Waals surface area (Å²) in [5.74, 6) is 0.408. The SMILES string of the molecule is CCc1c(C(=O)Nc2ccc(N3CCCC3=O)c(OC)c2)cnn1-c1ccccc1. The maximum atomic E-state index is 13.0. The Kier molecular flexibility index (Phi) is 5.52. The first-order chi connectivity index (χ1) is 14.6. The second-order valence-corrected chi connectivity index (χ2v) is 7.10. The number of ether oxygens (including phenoxy) is 1. The highest BCUT2D eigenvalue weighted by Gasteiger charge is 2.25. The van der Waals surface area contributed by atoms with Crippen LogP contribution in [0.1, 0.15) is 35.8 Å². The number of methoxy groups -OCH3 is 1. The van der Waals surface area contributed by atoms with E-state index in [9.17, 15) is 9.59 Å². The lowest BCUT2D eigenvalue weighted by Gasteiger charge is -2.19. The molecule has 0 atom stereocenters. The average molecular weight is 404 g/mol. The fraction of sp³-hybridized carbons (Fsp3) is 0.261. The van der Waals surface area contributed by atoms with Crippen molar-refractivity contribution in [3.63, 3.8) is 0 Å². The average Bonchev–Trinajstić information content (AvgIpc) is 3.40. The molecule has 1 aliphatic rings. The molecule has 30 heavy (non-hydrogen) atoms. The molecule has 2 heterocycles. The van der Waals surface area contributed by atoms with Gasteiger partial charge in [-0.2, -0.15) is 5.10 Å². The Bertz CT molecular complexity index is 1080. The normalized spacial score (nSPS) is 13.5. The van der Waals surface area contributed by atoms with Gasteiger partial charge >= 0.3 is 0 Å². The summed E-state index contributed by atoms with van der Waals surface area (Å²) < 4.78 is 7.27. The smallest absolute Gasteiger partial charge is 0.259 e. The highest BCUT2D eigenvalue weighted by Crippen LogP contribution is 2.34. The van der Waals surface area contributed by atoms with Gasteiger partial charge in [0.1, 0.15) is 5.75 Å². The fourth-order valence-corrected chi connectivity index (χ4v) is 3.78. The first-order valence-corrected chi connectivity index (χ1v) is 10.0. The van der Waals surface area contributed by atoms with Crippen molar-refractivity contribution < 1.29 is 14.3 Å². The molecule has 2 aromatic carbocycles. The van der Waals surface area contributed by atoms with Gasteiger partial charge in [0.05, 0.1) is 35.9 Å². The summed E-state index contributed by atoms with van der Waals surface area (Å²) in [5, 5.41) is 7.34. The lowest BCUT2D eigenvalue weighted by atomic mass is 10.1. The van der Waals surface area contributed by atoms with E-state index in [2.05, 4.69) is 10.4 Å². The summed E-state index contributed by atoms with van der Waals surface area (Å²) in [6.45, 7) is 2.68. The van der Waals surface area contributed by atoms with Crippen LogP contribution in [0, 0.1) is 0 Å². The number of para-hydroxylation sites is 1. The molecule has 7 heteroatoms. The summed E-state index contributed by atoms with van der Waals surface area (Å²) in [6.07, 6.45) is 3.64. The second kappa shape index (κ2) is 8.41. The Hall–Kier alpha value is -3.61. The van der Waals surface area contributed by atoms with Crippen LogP contribution in [0.2, 0.25) is 0 Å². The molecular formula is C23H24N4O3. The number of carbonyl (C=O) groups is 2. The predicted molar refractivity (Wildman–Crippen MR) is 115 cm³/mol. The van der Waals surface area contributed by atoms with Crippen LogP contribution < -0.4 is 15.0 Å². The number of carbonyl (C=O) groups excluding carboxylic acids is 2. The Labute approximate surface area is 175 Å². The van der Waals surface area contributed by atoms with Gasteiger partial charge in [-0.25, -0.2) is 4.68 Å². The zero-order chi connectivity index (χ0) is 21.1. The largest absolute Gasteiger partial charge is 0.494 e. The zero-order valence-corrected chi connectivity index (χ0v) is 17.1. The highest BCUT2D eigenvalue weighted by molar-refractivity contribution is 6.05. The van der Waals surface area contributed by atoms with Gasteiger partial charge in [0, 0.05) is 24.7 Å². The molecule has 0 bridgehead atoms. The van der Waals surface area contributed by atoms with Crippen LogP contribution in [0.4, 0.5) is 11.4 Å². The second-order valence-electron chi connectivity index (χ2n) is 7.10. The Morgan fingerprint density at radius 2 is 2.00 bits per heavy atom. The van der Waals surface area contributed by atoms with Gasteiger partial charge in [-0.05, 0) is 37.1 Å². The van der Waals surface area contributed by atoms with Crippen LogP contribution in [-0.2, 0) is 11.2 Å². The maximum Gasteiger partial charge on any atom is 0.259 e. The van der Waals surface area contributed by atoms with Crippen molar-refractivity contribution in [3.05, 3.63) is 66.0 Å². The minimum atomic E-state index is -0.235. The molecule has 2 amide bonds. The lowest BCUT2D eigenvalue weighted by Crippen LogP contribution is -2.24. The number of hydrogen-bond donors (Lipinski definition) is 1. The minimum absolute atomic E-state index is 0.0889. The van der Waals surface area contributed by atoms with Crippen LogP contribution in [-0.4, -0.2) is 35.2 Å². The van der Waals surface area contributed by atoms with E-state index in [0.29, 0.717) is 36.4 Å². The fourth-order valence-electron chi connectivity index (χ4n) is 3.78. The third-order valence-corrected chi connectivity index (χ3v) is 5.25. The maximum absolute atomic E-state index is 13.0. The van der Waals surface area contributed by atoms with Gasteiger partial charge in [-0.3, -0.25) is 9.59 Å². The molecule has 0 spiro atoms. The van der Waals surface area contributed by atoms with Gasteiger partial charge in [0.25, 0.3) is 5.91 Å². The standard InChI is InChI=1S/C23H24N4O3/c1-3-19-18(15-24-27(19)17-8-5-4-6-9-17)23(29)25-16-11-12-20(21(14-16)30-2)26-13-7-10-22(26)28/h4-6,8-9,11-12,14-15H,3,7,10,13H2,1-2H3,(H,25,29). The van der Waals surface area contributed by atoms with Crippen molar-refractivity contribution in [2.75, 3.05) is 23.9 Å². The molecule has 4 rings (SSSR count). The van der Waals surface area contributed by atoms with E-state index in [1.807, 2.05) is 43.3 Å². The van der Waals surface area contributed by atoms with Crippen molar-refractivity contribution in [3.8, 4) is 11.4 Å². The molecule has 0 radical (unpaired) electrons. The number of benzene rings is 2. The molecule has 3 aromatic rings. The molecule has 1 aliphatic heterocycles. The molecule has 0 aliphatic carbocycles. The van der Waals surface area contributed by atoms with Crippen LogP contribution in [0.15, 0.2) is 54.7 Å². The van der Waals surface area contributed by atoms with Crippen molar-refractivity contribution >= 4 is 23.2 Å².